The van der Waals surface area contributed by atoms with Gasteiger partial charge >= 0.3 is 0 Å². The Labute approximate surface area is 121 Å². The minimum atomic E-state index is -0.892. The van der Waals surface area contributed by atoms with Crippen LogP contribution in [0.5, 0.6) is 5.75 Å². The number of rotatable bonds is 9. The maximum Gasteiger partial charge on any atom is 0.165 e. The summed E-state index contributed by atoms with van der Waals surface area (Å²) in [5, 5.41) is 13.5. The third-order valence-corrected chi connectivity index (χ3v) is 3.59. The molecule has 114 valence electrons. The van der Waals surface area contributed by atoms with Crippen LogP contribution in [-0.2, 0) is 6.54 Å². The molecule has 0 bridgehead atoms. The van der Waals surface area contributed by atoms with Gasteiger partial charge in [0.15, 0.2) is 11.6 Å². The molecule has 0 aliphatic rings. The summed E-state index contributed by atoms with van der Waals surface area (Å²) < 4.78 is 19.5. The van der Waals surface area contributed by atoms with Gasteiger partial charge in [0.2, 0.25) is 0 Å². The first kappa shape index (κ1) is 16.9. The van der Waals surface area contributed by atoms with Gasteiger partial charge in [-0.1, -0.05) is 32.9 Å². The van der Waals surface area contributed by atoms with Crippen molar-refractivity contribution in [2.24, 2.45) is 0 Å². The number of ether oxygens (including phenoxy) is 1. The highest BCUT2D eigenvalue weighted by molar-refractivity contribution is 5.35. The van der Waals surface area contributed by atoms with Gasteiger partial charge in [-0.25, -0.2) is 4.39 Å². The molecule has 4 heteroatoms. The first-order chi connectivity index (χ1) is 9.56. The standard InChI is InChI=1S/C16H26FNO2/c1-4-10-18-11-13-8-7-9-14(17)15(13)20-12-16(19,5-2)6-3/h7-9,18-19H,4-6,10-12H2,1-3H3. The van der Waals surface area contributed by atoms with E-state index in [1.54, 1.807) is 6.07 Å². The second kappa shape index (κ2) is 8.22. The Morgan fingerprint density at radius 2 is 1.95 bits per heavy atom. The van der Waals surface area contributed by atoms with Gasteiger partial charge in [-0.3, -0.25) is 0 Å². The number of halogens is 1. The predicted molar refractivity (Wildman–Crippen MR) is 79.4 cm³/mol. The lowest BCUT2D eigenvalue weighted by atomic mass is 9.99. The van der Waals surface area contributed by atoms with E-state index in [-0.39, 0.29) is 18.2 Å². The first-order valence-electron chi connectivity index (χ1n) is 7.39. The molecule has 0 amide bonds. The number of para-hydroxylation sites is 1. The monoisotopic (exact) mass is 283 g/mol. The number of benzene rings is 1. The molecule has 0 aromatic heterocycles. The van der Waals surface area contributed by atoms with Crippen LogP contribution in [0.1, 0.15) is 45.6 Å². The van der Waals surface area contributed by atoms with Gasteiger partial charge in [0.25, 0.3) is 0 Å². The molecule has 0 saturated carbocycles. The Kier molecular flexibility index (Phi) is 6.96. The minimum absolute atomic E-state index is 0.113. The Balaban J connectivity index is 2.77. The number of hydrogen-bond donors (Lipinski definition) is 2. The van der Waals surface area contributed by atoms with Gasteiger partial charge < -0.3 is 15.2 Å². The highest BCUT2D eigenvalue weighted by Crippen LogP contribution is 2.25. The molecule has 0 atom stereocenters. The van der Waals surface area contributed by atoms with Gasteiger partial charge in [-0.2, -0.15) is 0 Å². The summed E-state index contributed by atoms with van der Waals surface area (Å²) in [6.07, 6.45) is 2.19. The van der Waals surface area contributed by atoms with Crippen molar-refractivity contribution in [1.29, 1.82) is 0 Å². The van der Waals surface area contributed by atoms with Crippen molar-refractivity contribution >= 4 is 0 Å². The topological polar surface area (TPSA) is 41.5 Å². The molecule has 1 rings (SSSR count). The van der Waals surface area contributed by atoms with Crippen molar-refractivity contribution in [2.75, 3.05) is 13.2 Å². The Hall–Kier alpha value is -1.13. The summed E-state index contributed by atoms with van der Waals surface area (Å²) in [6, 6.07) is 4.91. The van der Waals surface area contributed by atoms with Crippen molar-refractivity contribution < 1.29 is 14.2 Å². The smallest absolute Gasteiger partial charge is 0.165 e. The maximum absolute atomic E-state index is 13.9. The van der Waals surface area contributed by atoms with E-state index in [1.165, 1.54) is 6.07 Å². The molecule has 1 aromatic rings. The average molecular weight is 283 g/mol. The molecule has 2 N–H and O–H groups in total. The van der Waals surface area contributed by atoms with E-state index in [1.807, 2.05) is 19.9 Å². The molecule has 0 unspecified atom stereocenters. The molecule has 0 radical (unpaired) electrons. The summed E-state index contributed by atoms with van der Waals surface area (Å²) in [7, 11) is 0. The SMILES string of the molecule is CCCNCc1cccc(F)c1OCC(O)(CC)CC. The predicted octanol–water partition coefficient (Wildman–Crippen LogP) is 3.26. The highest BCUT2D eigenvalue weighted by atomic mass is 19.1. The molecule has 0 aliphatic carbocycles. The van der Waals surface area contributed by atoms with Gasteiger partial charge in [0.05, 0.1) is 5.60 Å². The van der Waals surface area contributed by atoms with Crippen LogP contribution in [0.15, 0.2) is 18.2 Å². The molecule has 1 aromatic carbocycles. The highest BCUT2D eigenvalue weighted by Gasteiger charge is 2.24. The normalized spacial score (nSPS) is 11.7. The Morgan fingerprint density at radius 3 is 2.55 bits per heavy atom. The van der Waals surface area contributed by atoms with E-state index in [9.17, 15) is 9.50 Å². The third-order valence-electron chi connectivity index (χ3n) is 3.59. The summed E-state index contributed by atoms with van der Waals surface area (Å²) in [4.78, 5) is 0. The Morgan fingerprint density at radius 1 is 1.25 bits per heavy atom. The van der Waals surface area contributed by atoms with E-state index < -0.39 is 5.60 Å². The van der Waals surface area contributed by atoms with Crippen LogP contribution in [0.25, 0.3) is 0 Å². The van der Waals surface area contributed by atoms with Crippen molar-refractivity contribution in [3.8, 4) is 5.75 Å². The molecule has 0 spiro atoms. The molecule has 0 fully saturated rings. The molecular weight excluding hydrogens is 257 g/mol. The van der Waals surface area contributed by atoms with Crippen LogP contribution in [0.2, 0.25) is 0 Å². The average Bonchev–Trinajstić information content (AvgIpc) is 2.46. The molecule has 0 heterocycles. The van der Waals surface area contributed by atoms with Crippen LogP contribution in [0.3, 0.4) is 0 Å². The zero-order valence-electron chi connectivity index (χ0n) is 12.7. The van der Waals surface area contributed by atoms with Crippen LogP contribution < -0.4 is 10.1 Å². The van der Waals surface area contributed by atoms with E-state index in [0.717, 1.165) is 18.5 Å². The van der Waals surface area contributed by atoms with Crippen LogP contribution in [0, 0.1) is 5.82 Å². The molecule has 0 saturated heterocycles. The minimum Gasteiger partial charge on any atom is -0.487 e. The van der Waals surface area contributed by atoms with E-state index >= 15 is 0 Å². The molecule has 20 heavy (non-hydrogen) atoms. The molecule has 0 aliphatic heterocycles. The third kappa shape index (κ3) is 4.76. The van der Waals surface area contributed by atoms with Gasteiger partial charge in [-0.05, 0) is 31.9 Å². The summed E-state index contributed by atoms with van der Waals surface area (Å²) >= 11 is 0. The number of hydrogen-bond acceptors (Lipinski definition) is 3. The van der Waals surface area contributed by atoms with Crippen molar-refractivity contribution in [1.82, 2.24) is 5.32 Å². The zero-order chi connectivity index (χ0) is 15.0. The zero-order valence-corrected chi connectivity index (χ0v) is 12.7. The second-order valence-electron chi connectivity index (χ2n) is 5.12. The second-order valence-corrected chi connectivity index (χ2v) is 5.12. The fourth-order valence-electron chi connectivity index (χ4n) is 1.91. The van der Waals surface area contributed by atoms with E-state index in [4.69, 9.17) is 4.74 Å². The van der Waals surface area contributed by atoms with Crippen LogP contribution in [-0.4, -0.2) is 23.9 Å². The van der Waals surface area contributed by atoms with E-state index in [2.05, 4.69) is 12.2 Å². The van der Waals surface area contributed by atoms with Gasteiger partial charge in [0.1, 0.15) is 6.61 Å². The summed E-state index contributed by atoms with van der Waals surface area (Å²) in [6.45, 7) is 7.44. The van der Waals surface area contributed by atoms with Crippen LogP contribution in [0.4, 0.5) is 4.39 Å². The lowest BCUT2D eigenvalue weighted by molar-refractivity contribution is -0.0126. The lowest BCUT2D eigenvalue weighted by Gasteiger charge is -2.26. The Bertz CT molecular complexity index is 405. The van der Waals surface area contributed by atoms with Crippen molar-refractivity contribution in [3.63, 3.8) is 0 Å². The quantitative estimate of drug-likeness (QED) is 0.684. The molecule has 3 nitrogen and oxygen atoms in total. The number of aliphatic hydroxyl groups is 1. The van der Waals surface area contributed by atoms with Crippen molar-refractivity contribution in [3.05, 3.63) is 29.6 Å². The van der Waals surface area contributed by atoms with E-state index in [0.29, 0.717) is 19.4 Å². The maximum atomic E-state index is 13.9. The lowest BCUT2D eigenvalue weighted by Crippen LogP contribution is -2.34. The first-order valence-corrected chi connectivity index (χ1v) is 7.39. The van der Waals surface area contributed by atoms with Gasteiger partial charge in [-0.15, -0.1) is 0 Å². The fourth-order valence-corrected chi connectivity index (χ4v) is 1.91. The largest absolute Gasteiger partial charge is 0.487 e. The fraction of sp³-hybridized carbons (Fsp3) is 0.625. The van der Waals surface area contributed by atoms with Gasteiger partial charge in [0, 0.05) is 12.1 Å². The van der Waals surface area contributed by atoms with Crippen LogP contribution >= 0.6 is 0 Å². The summed E-state index contributed by atoms with van der Waals surface area (Å²) in [5.74, 6) is -0.133. The number of nitrogens with one attached hydrogen (secondary N) is 1. The summed E-state index contributed by atoms with van der Waals surface area (Å²) in [5.41, 5.74) is -0.107. The van der Waals surface area contributed by atoms with Crippen molar-refractivity contribution in [2.45, 2.75) is 52.2 Å². The molecular formula is C16H26FNO2.